The van der Waals surface area contributed by atoms with Gasteiger partial charge in [0.2, 0.25) is 0 Å². The SMILES string of the molecule is Cc1cccc(-c2nc(C3CCCNC3)no2)c1Br. The predicted octanol–water partition coefficient (Wildman–Crippen LogP) is 3.27. The molecule has 1 unspecified atom stereocenters. The Hall–Kier alpha value is -1.20. The second-order valence-corrected chi connectivity index (χ2v) is 5.73. The monoisotopic (exact) mass is 321 g/mol. The highest BCUT2D eigenvalue weighted by atomic mass is 79.9. The Morgan fingerprint density at radius 2 is 2.32 bits per heavy atom. The van der Waals surface area contributed by atoms with Gasteiger partial charge in [0.1, 0.15) is 0 Å². The van der Waals surface area contributed by atoms with Crippen molar-refractivity contribution < 1.29 is 4.52 Å². The molecule has 1 aliphatic rings. The lowest BCUT2D eigenvalue weighted by Crippen LogP contribution is -2.28. The van der Waals surface area contributed by atoms with Gasteiger partial charge in [-0.25, -0.2) is 0 Å². The number of hydrogen-bond acceptors (Lipinski definition) is 4. The van der Waals surface area contributed by atoms with Crippen LogP contribution in [0.25, 0.3) is 11.5 Å². The third-order valence-electron chi connectivity index (χ3n) is 3.53. The van der Waals surface area contributed by atoms with E-state index in [-0.39, 0.29) is 0 Å². The van der Waals surface area contributed by atoms with Crippen LogP contribution in [-0.2, 0) is 0 Å². The summed E-state index contributed by atoms with van der Waals surface area (Å²) in [5.41, 5.74) is 2.12. The van der Waals surface area contributed by atoms with Crippen molar-refractivity contribution in [1.29, 1.82) is 0 Å². The van der Waals surface area contributed by atoms with Gasteiger partial charge in [-0.2, -0.15) is 4.98 Å². The average molecular weight is 322 g/mol. The summed E-state index contributed by atoms with van der Waals surface area (Å²) in [7, 11) is 0. The number of hydrogen-bond donors (Lipinski definition) is 1. The number of nitrogens with zero attached hydrogens (tertiary/aromatic N) is 2. The van der Waals surface area contributed by atoms with Crippen molar-refractivity contribution in [2.45, 2.75) is 25.7 Å². The Balaban J connectivity index is 1.90. The van der Waals surface area contributed by atoms with Crippen molar-refractivity contribution >= 4 is 15.9 Å². The van der Waals surface area contributed by atoms with Gasteiger partial charge in [0, 0.05) is 16.9 Å². The van der Waals surface area contributed by atoms with Gasteiger partial charge >= 0.3 is 0 Å². The van der Waals surface area contributed by atoms with Crippen LogP contribution in [0, 0.1) is 6.92 Å². The van der Waals surface area contributed by atoms with E-state index in [0.29, 0.717) is 11.8 Å². The maximum Gasteiger partial charge on any atom is 0.259 e. The number of benzene rings is 1. The van der Waals surface area contributed by atoms with Crippen LogP contribution in [0.15, 0.2) is 27.2 Å². The summed E-state index contributed by atoms with van der Waals surface area (Å²) >= 11 is 3.58. The molecule has 0 radical (unpaired) electrons. The first-order valence-electron chi connectivity index (χ1n) is 6.55. The second-order valence-electron chi connectivity index (χ2n) is 4.94. The molecule has 1 N–H and O–H groups in total. The van der Waals surface area contributed by atoms with Crippen LogP contribution in [0.3, 0.4) is 0 Å². The summed E-state index contributed by atoms with van der Waals surface area (Å²) < 4.78 is 6.44. The highest BCUT2D eigenvalue weighted by Crippen LogP contribution is 2.31. The van der Waals surface area contributed by atoms with E-state index in [1.807, 2.05) is 12.1 Å². The lowest BCUT2D eigenvalue weighted by Gasteiger charge is -2.19. The molecule has 0 aliphatic carbocycles. The minimum atomic E-state index is 0.370. The van der Waals surface area contributed by atoms with Gasteiger partial charge in [-0.3, -0.25) is 0 Å². The maximum atomic E-state index is 5.42. The highest BCUT2D eigenvalue weighted by Gasteiger charge is 2.21. The fourth-order valence-electron chi connectivity index (χ4n) is 2.39. The van der Waals surface area contributed by atoms with Gasteiger partial charge in [0.25, 0.3) is 5.89 Å². The number of piperidine rings is 1. The van der Waals surface area contributed by atoms with Crippen molar-refractivity contribution in [3.05, 3.63) is 34.1 Å². The molecule has 0 saturated carbocycles. The molecule has 1 atom stereocenters. The number of nitrogens with one attached hydrogen (secondary N) is 1. The molecule has 1 saturated heterocycles. The molecule has 2 heterocycles. The Kier molecular flexibility index (Phi) is 3.66. The van der Waals surface area contributed by atoms with E-state index in [9.17, 15) is 0 Å². The van der Waals surface area contributed by atoms with Gasteiger partial charge in [-0.15, -0.1) is 0 Å². The Morgan fingerprint density at radius 1 is 1.42 bits per heavy atom. The first-order valence-corrected chi connectivity index (χ1v) is 7.35. The van der Waals surface area contributed by atoms with Gasteiger partial charge in [-0.05, 0) is 53.9 Å². The lowest BCUT2D eigenvalue weighted by atomic mass is 9.99. The zero-order valence-electron chi connectivity index (χ0n) is 10.8. The number of rotatable bonds is 2. The fraction of sp³-hybridized carbons (Fsp3) is 0.429. The molecule has 1 fully saturated rings. The molecule has 2 aromatic rings. The van der Waals surface area contributed by atoms with E-state index in [0.717, 1.165) is 40.9 Å². The van der Waals surface area contributed by atoms with Crippen LogP contribution in [0.2, 0.25) is 0 Å². The fourth-order valence-corrected chi connectivity index (χ4v) is 2.83. The predicted molar refractivity (Wildman–Crippen MR) is 77.0 cm³/mol. The van der Waals surface area contributed by atoms with Crippen LogP contribution in [0.5, 0.6) is 0 Å². The standard InChI is InChI=1S/C14H16BrN3O/c1-9-4-2-6-11(12(9)15)14-17-13(18-19-14)10-5-3-7-16-8-10/h2,4,6,10,16H,3,5,7-8H2,1H3. The van der Waals surface area contributed by atoms with Crippen LogP contribution in [0.1, 0.15) is 30.1 Å². The summed E-state index contributed by atoms with van der Waals surface area (Å²) in [5, 5.41) is 7.51. The summed E-state index contributed by atoms with van der Waals surface area (Å²) in [4.78, 5) is 4.56. The molecular formula is C14H16BrN3O. The first-order chi connectivity index (χ1) is 9.25. The molecule has 3 rings (SSSR count). The molecule has 4 nitrogen and oxygen atoms in total. The maximum absolute atomic E-state index is 5.42. The van der Waals surface area contributed by atoms with Crippen LogP contribution >= 0.6 is 15.9 Å². The van der Waals surface area contributed by atoms with Gasteiger partial charge < -0.3 is 9.84 Å². The normalized spacial score (nSPS) is 19.6. The van der Waals surface area contributed by atoms with Crippen molar-refractivity contribution in [3.8, 4) is 11.5 Å². The van der Waals surface area contributed by atoms with Gasteiger partial charge in [0.05, 0.1) is 5.56 Å². The van der Waals surface area contributed by atoms with Crippen LogP contribution in [-0.4, -0.2) is 23.2 Å². The zero-order chi connectivity index (χ0) is 13.2. The van der Waals surface area contributed by atoms with Gasteiger partial charge in [-0.1, -0.05) is 17.3 Å². The van der Waals surface area contributed by atoms with E-state index in [4.69, 9.17) is 4.52 Å². The van der Waals surface area contributed by atoms with E-state index in [1.54, 1.807) is 0 Å². The molecule has 0 bridgehead atoms. The molecular weight excluding hydrogens is 306 g/mol. The quantitative estimate of drug-likeness (QED) is 0.922. The summed E-state index contributed by atoms with van der Waals surface area (Å²) in [6.45, 7) is 4.08. The van der Waals surface area contributed by atoms with Crippen LogP contribution < -0.4 is 5.32 Å². The molecule has 5 heteroatoms. The van der Waals surface area contributed by atoms with Gasteiger partial charge in [0.15, 0.2) is 5.82 Å². The Labute approximate surface area is 120 Å². The lowest BCUT2D eigenvalue weighted by molar-refractivity contribution is 0.393. The molecule has 1 aromatic heterocycles. The van der Waals surface area contributed by atoms with E-state index < -0.39 is 0 Å². The molecule has 19 heavy (non-hydrogen) atoms. The van der Waals surface area contributed by atoms with Crippen molar-refractivity contribution in [1.82, 2.24) is 15.5 Å². The minimum absolute atomic E-state index is 0.370. The third kappa shape index (κ3) is 2.58. The molecule has 1 aromatic carbocycles. The Bertz CT molecular complexity index is 576. The third-order valence-corrected chi connectivity index (χ3v) is 4.58. The van der Waals surface area contributed by atoms with Crippen LogP contribution in [0.4, 0.5) is 0 Å². The zero-order valence-corrected chi connectivity index (χ0v) is 12.4. The number of aromatic nitrogens is 2. The van der Waals surface area contributed by atoms with Crippen molar-refractivity contribution in [3.63, 3.8) is 0 Å². The minimum Gasteiger partial charge on any atom is -0.334 e. The number of aryl methyl sites for hydroxylation is 1. The van der Waals surface area contributed by atoms with Crippen molar-refractivity contribution in [2.75, 3.05) is 13.1 Å². The smallest absolute Gasteiger partial charge is 0.259 e. The van der Waals surface area contributed by atoms with E-state index in [2.05, 4.69) is 44.4 Å². The topological polar surface area (TPSA) is 51.0 Å². The largest absolute Gasteiger partial charge is 0.334 e. The number of halogens is 1. The average Bonchev–Trinajstić information content (AvgIpc) is 2.92. The van der Waals surface area contributed by atoms with E-state index >= 15 is 0 Å². The second kappa shape index (κ2) is 5.43. The van der Waals surface area contributed by atoms with E-state index in [1.165, 1.54) is 6.42 Å². The molecule has 1 aliphatic heterocycles. The highest BCUT2D eigenvalue weighted by molar-refractivity contribution is 9.10. The van der Waals surface area contributed by atoms with Crippen molar-refractivity contribution in [2.24, 2.45) is 0 Å². The molecule has 0 spiro atoms. The first kappa shape index (κ1) is 12.8. The summed E-state index contributed by atoms with van der Waals surface area (Å²) in [5.74, 6) is 1.78. The molecule has 100 valence electrons. The summed E-state index contributed by atoms with van der Waals surface area (Å²) in [6, 6.07) is 6.05. The summed E-state index contributed by atoms with van der Waals surface area (Å²) in [6.07, 6.45) is 2.30. The molecule has 0 amide bonds. The Morgan fingerprint density at radius 3 is 3.11 bits per heavy atom.